The Labute approximate surface area is 141 Å². The molecular weight excluding hydrogens is 302 g/mol. The molecule has 0 N–H and O–H groups in total. The van der Waals surface area contributed by atoms with E-state index < -0.39 is 5.60 Å². The normalized spacial score (nSPS) is 25.2. The van der Waals surface area contributed by atoms with Crippen molar-refractivity contribution in [1.82, 2.24) is 0 Å². The van der Waals surface area contributed by atoms with E-state index in [1.165, 1.54) is 0 Å². The summed E-state index contributed by atoms with van der Waals surface area (Å²) in [4.78, 5) is 27.3. The molecule has 2 aliphatic heterocycles. The number of nitrogens with zero attached hydrogens (tertiary/aromatic N) is 1. The second kappa shape index (κ2) is 5.48. The molecule has 24 heavy (non-hydrogen) atoms. The van der Waals surface area contributed by atoms with Crippen molar-refractivity contribution in [3.63, 3.8) is 0 Å². The van der Waals surface area contributed by atoms with Crippen LogP contribution in [0.1, 0.15) is 36.8 Å². The lowest BCUT2D eigenvalue weighted by molar-refractivity contribution is -0.157. The van der Waals surface area contributed by atoms with Crippen molar-refractivity contribution in [3.8, 4) is 0 Å². The van der Waals surface area contributed by atoms with E-state index in [2.05, 4.69) is 0 Å². The zero-order valence-corrected chi connectivity index (χ0v) is 13.6. The third-order valence-corrected chi connectivity index (χ3v) is 4.94. The summed E-state index contributed by atoms with van der Waals surface area (Å²) >= 11 is 0. The molecule has 2 atom stereocenters. The van der Waals surface area contributed by atoms with Crippen molar-refractivity contribution in [2.75, 3.05) is 11.4 Å². The number of hydrogen-bond acceptors (Lipinski definition) is 3. The average molecular weight is 321 g/mol. The van der Waals surface area contributed by atoms with E-state index >= 15 is 0 Å². The molecule has 1 amide bonds. The molecule has 1 fully saturated rings. The predicted octanol–water partition coefficient (Wildman–Crippen LogP) is 3.37. The second-order valence-corrected chi connectivity index (χ2v) is 6.35. The van der Waals surface area contributed by atoms with Crippen LogP contribution in [0.2, 0.25) is 0 Å². The van der Waals surface area contributed by atoms with Gasteiger partial charge >= 0.3 is 5.97 Å². The summed E-state index contributed by atoms with van der Waals surface area (Å²) in [7, 11) is 0. The lowest BCUT2D eigenvalue weighted by Crippen LogP contribution is -2.43. The fraction of sp³-hybridized carbons (Fsp3) is 0.300. The van der Waals surface area contributed by atoms with Crippen molar-refractivity contribution >= 4 is 17.6 Å². The van der Waals surface area contributed by atoms with E-state index in [0.717, 1.165) is 23.2 Å². The van der Waals surface area contributed by atoms with E-state index in [1.807, 2.05) is 61.5 Å². The SMILES string of the molecule is CCCN1C(=O)[C@@]2(OC(=O)C[C@H]2c2ccccc2)c2ccccc21. The molecule has 4 nitrogen and oxygen atoms in total. The van der Waals surface area contributed by atoms with Gasteiger partial charge in [0.25, 0.3) is 5.91 Å². The van der Waals surface area contributed by atoms with Gasteiger partial charge in [-0.3, -0.25) is 9.59 Å². The summed E-state index contributed by atoms with van der Waals surface area (Å²) in [5.74, 6) is -0.725. The zero-order chi connectivity index (χ0) is 16.7. The van der Waals surface area contributed by atoms with Crippen molar-refractivity contribution in [3.05, 3.63) is 65.7 Å². The summed E-state index contributed by atoms with van der Waals surface area (Å²) in [5.41, 5.74) is 1.41. The number of amides is 1. The van der Waals surface area contributed by atoms with Gasteiger partial charge in [0.15, 0.2) is 0 Å². The van der Waals surface area contributed by atoms with Crippen LogP contribution in [-0.4, -0.2) is 18.4 Å². The number of carbonyl (C=O) groups excluding carboxylic acids is 2. The molecule has 2 aliphatic rings. The number of ether oxygens (including phenoxy) is 1. The minimum atomic E-state index is -1.22. The molecule has 122 valence electrons. The first kappa shape index (κ1) is 14.9. The monoisotopic (exact) mass is 321 g/mol. The summed E-state index contributed by atoms with van der Waals surface area (Å²) in [5, 5.41) is 0. The van der Waals surface area contributed by atoms with E-state index in [-0.39, 0.29) is 24.2 Å². The summed E-state index contributed by atoms with van der Waals surface area (Å²) in [6, 6.07) is 17.4. The third-order valence-electron chi connectivity index (χ3n) is 4.94. The molecule has 0 bridgehead atoms. The molecule has 0 aromatic heterocycles. The molecule has 2 heterocycles. The summed E-state index contributed by atoms with van der Waals surface area (Å²) in [6.45, 7) is 2.66. The number of hydrogen-bond donors (Lipinski definition) is 0. The molecule has 0 aliphatic carbocycles. The average Bonchev–Trinajstić information content (AvgIpc) is 3.08. The van der Waals surface area contributed by atoms with Gasteiger partial charge in [0.2, 0.25) is 5.60 Å². The second-order valence-electron chi connectivity index (χ2n) is 6.35. The van der Waals surface area contributed by atoms with Crippen LogP contribution in [0.15, 0.2) is 54.6 Å². The molecule has 4 rings (SSSR count). The van der Waals surface area contributed by atoms with Crippen LogP contribution in [0.5, 0.6) is 0 Å². The van der Waals surface area contributed by atoms with E-state index in [1.54, 1.807) is 4.90 Å². The zero-order valence-electron chi connectivity index (χ0n) is 13.6. The van der Waals surface area contributed by atoms with Gasteiger partial charge in [-0.05, 0) is 18.1 Å². The van der Waals surface area contributed by atoms with E-state index in [4.69, 9.17) is 4.74 Å². The number of carbonyl (C=O) groups is 2. The molecule has 2 aromatic carbocycles. The molecule has 1 spiro atoms. The van der Waals surface area contributed by atoms with Crippen molar-refractivity contribution < 1.29 is 14.3 Å². The summed E-state index contributed by atoms with van der Waals surface area (Å²) < 4.78 is 5.76. The first-order chi connectivity index (χ1) is 11.7. The quantitative estimate of drug-likeness (QED) is 0.814. The van der Waals surface area contributed by atoms with Crippen LogP contribution in [0.3, 0.4) is 0 Å². The van der Waals surface area contributed by atoms with E-state index in [0.29, 0.717) is 6.54 Å². The molecular formula is C20H19NO3. The Balaban J connectivity index is 1.91. The van der Waals surface area contributed by atoms with Crippen LogP contribution in [0.25, 0.3) is 0 Å². The minimum absolute atomic E-state index is 0.120. The van der Waals surface area contributed by atoms with Crippen LogP contribution >= 0.6 is 0 Å². The Morgan fingerprint density at radius 2 is 1.79 bits per heavy atom. The number of esters is 1. The van der Waals surface area contributed by atoms with Gasteiger partial charge in [-0.25, -0.2) is 0 Å². The Bertz CT molecular complexity index is 802. The van der Waals surface area contributed by atoms with Gasteiger partial charge in [-0.15, -0.1) is 0 Å². The van der Waals surface area contributed by atoms with Gasteiger partial charge in [0.05, 0.1) is 12.1 Å². The fourth-order valence-electron chi connectivity index (χ4n) is 3.97. The fourth-order valence-corrected chi connectivity index (χ4v) is 3.97. The van der Waals surface area contributed by atoms with Crippen molar-refractivity contribution in [1.29, 1.82) is 0 Å². The molecule has 2 aromatic rings. The molecule has 0 saturated carbocycles. The van der Waals surface area contributed by atoms with E-state index in [9.17, 15) is 9.59 Å². The molecule has 0 radical (unpaired) electrons. The Kier molecular flexibility index (Phi) is 3.41. The topological polar surface area (TPSA) is 46.6 Å². The van der Waals surface area contributed by atoms with Gasteiger partial charge < -0.3 is 9.64 Å². The van der Waals surface area contributed by atoms with Gasteiger partial charge in [-0.1, -0.05) is 55.5 Å². The maximum absolute atomic E-state index is 13.4. The van der Waals surface area contributed by atoms with Crippen LogP contribution in [0, 0.1) is 0 Å². The highest BCUT2D eigenvalue weighted by molar-refractivity contribution is 6.10. The maximum Gasteiger partial charge on any atom is 0.308 e. The first-order valence-electron chi connectivity index (χ1n) is 8.36. The number of rotatable bonds is 3. The largest absolute Gasteiger partial charge is 0.443 e. The van der Waals surface area contributed by atoms with Crippen LogP contribution in [0.4, 0.5) is 5.69 Å². The van der Waals surface area contributed by atoms with Gasteiger partial charge in [-0.2, -0.15) is 0 Å². The number of anilines is 1. The first-order valence-corrected chi connectivity index (χ1v) is 8.36. The Morgan fingerprint density at radius 1 is 1.08 bits per heavy atom. The van der Waals surface area contributed by atoms with Crippen molar-refractivity contribution in [2.45, 2.75) is 31.3 Å². The molecule has 1 saturated heterocycles. The number of fused-ring (bicyclic) bond motifs is 2. The van der Waals surface area contributed by atoms with Crippen LogP contribution in [-0.2, 0) is 19.9 Å². The Hall–Kier alpha value is -2.62. The predicted molar refractivity (Wildman–Crippen MR) is 90.7 cm³/mol. The standard InChI is InChI=1S/C20H19NO3/c1-2-12-21-17-11-7-6-10-15(17)20(19(21)23)16(13-18(22)24-20)14-8-4-3-5-9-14/h3-11,16H,2,12-13H2,1H3/t16-,20+/m0/s1. The smallest absolute Gasteiger partial charge is 0.308 e. The number of benzene rings is 2. The molecule has 0 unspecified atom stereocenters. The summed E-state index contributed by atoms with van der Waals surface area (Å²) in [6.07, 6.45) is 1.07. The number of para-hydroxylation sites is 1. The van der Waals surface area contributed by atoms with Crippen LogP contribution < -0.4 is 4.90 Å². The van der Waals surface area contributed by atoms with Gasteiger partial charge in [0, 0.05) is 18.0 Å². The highest BCUT2D eigenvalue weighted by Gasteiger charge is 2.62. The van der Waals surface area contributed by atoms with Gasteiger partial charge in [0.1, 0.15) is 0 Å². The lowest BCUT2D eigenvalue weighted by Gasteiger charge is -2.28. The third kappa shape index (κ3) is 1.92. The molecule has 4 heteroatoms. The lowest BCUT2D eigenvalue weighted by atomic mass is 9.78. The van der Waals surface area contributed by atoms with Crippen molar-refractivity contribution in [2.24, 2.45) is 0 Å². The highest BCUT2D eigenvalue weighted by atomic mass is 16.6. The maximum atomic E-state index is 13.4. The minimum Gasteiger partial charge on any atom is -0.443 e. The Morgan fingerprint density at radius 3 is 2.54 bits per heavy atom. The highest BCUT2D eigenvalue weighted by Crippen LogP contribution is 2.55.